The lowest BCUT2D eigenvalue weighted by molar-refractivity contribution is -0.169. The Balaban J connectivity index is 1.67. The van der Waals surface area contributed by atoms with Crippen LogP contribution in [0.4, 0.5) is 0 Å². The van der Waals surface area contributed by atoms with E-state index in [0.717, 1.165) is 19.3 Å². The lowest BCUT2D eigenvalue weighted by Crippen LogP contribution is -2.49. The van der Waals surface area contributed by atoms with Crippen LogP contribution in [0.5, 0.6) is 0 Å². The van der Waals surface area contributed by atoms with Crippen LogP contribution in [0.25, 0.3) is 0 Å². The van der Waals surface area contributed by atoms with Crippen LogP contribution in [0.15, 0.2) is 12.2 Å². The van der Waals surface area contributed by atoms with Gasteiger partial charge >= 0.3 is 11.9 Å². The maximum Gasteiger partial charge on any atom is 0.312 e. The zero-order valence-corrected chi connectivity index (χ0v) is 13.5. The van der Waals surface area contributed by atoms with Crippen molar-refractivity contribution in [3.05, 3.63) is 12.2 Å². The number of ether oxygens (including phenoxy) is 2. The molecular formula is C18H24O4. The van der Waals surface area contributed by atoms with Crippen LogP contribution in [0, 0.1) is 40.9 Å². The summed E-state index contributed by atoms with van der Waals surface area (Å²) in [4.78, 5) is 25.1. The number of allylic oxidation sites excluding steroid dienone is 2. The van der Waals surface area contributed by atoms with Crippen LogP contribution in [0.1, 0.15) is 33.1 Å². The maximum absolute atomic E-state index is 12.7. The molecule has 22 heavy (non-hydrogen) atoms. The van der Waals surface area contributed by atoms with E-state index in [9.17, 15) is 9.59 Å². The van der Waals surface area contributed by atoms with Gasteiger partial charge in [-0.3, -0.25) is 9.59 Å². The molecule has 120 valence electrons. The number of rotatable bonds is 3. The number of fused-ring (bicyclic) bond motifs is 9. The molecule has 0 saturated heterocycles. The SMILES string of the molecule is COC(=O)C12C3C=CC(C3)C1C1CC2CC1C(=O)OC(C)C. The smallest absolute Gasteiger partial charge is 0.312 e. The lowest BCUT2D eigenvalue weighted by atomic mass is 9.58. The summed E-state index contributed by atoms with van der Waals surface area (Å²) < 4.78 is 10.7. The third-order valence-corrected chi connectivity index (χ3v) is 6.69. The van der Waals surface area contributed by atoms with Gasteiger partial charge in [-0.05, 0) is 62.7 Å². The molecule has 0 aromatic heterocycles. The minimum atomic E-state index is -0.354. The van der Waals surface area contributed by atoms with Crippen LogP contribution in [0.2, 0.25) is 0 Å². The van der Waals surface area contributed by atoms with E-state index in [0.29, 0.717) is 11.8 Å². The first-order valence-corrected chi connectivity index (χ1v) is 8.47. The molecule has 0 amide bonds. The van der Waals surface area contributed by atoms with E-state index in [4.69, 9.17) is 9.47 Å². The fourth-order valence-corrected chi connectivity index (χ4v) is 6.27. The number of carbonyl (C=O) groups excluding carboxylic acids is 2. The van der Waals surface area contributed by atoms with Gasteiger partial charge in [0, 0.05) is 0 Å². The van der Waals surface area contributed by atoms with Crippen molar-refractivity contribution >= 4 is 11.9 Å². The predicted molar refractivity (Wildman–Crippen MR) is 79.6 cm³/mol. The Kier molecular flexibility index (Phi) is 2.98. The molecule has 4 rings (SSSR count). The van der Waals surface area contributed by atoms with E-state index in [2.05, 4.69) is 12.2 Å². The molecule has 0 aromatic carbocycles. The second kappa shape index (κ2) is 4.59. The molecule has 0 spiro atoms. The Hall–Kier alpha value is -1.32. The molecule has 4 heteroatoms. The monoisotopic (exact) mass is 304 g/mol. The number of methoxy groups -OCH3 is 1. The third kappa shape index (κ3) is 1.53. The highest BCUT2D eigenvalue weighted by Gasteiger charge is 2.74. The standard InChI is InChI=1S/C18H24O4/c1-9(2)22-16(19)14-8-12-7-13(14)15-10-4-5-11(6-10)18(12,15)17(20)21-3/h4-5,9-15H,6-8H2,1-3H3. The van der Waals surface area contributed by atoms with Gasteiger partial charge in [-0.2, -0.15) is 0 Å². The number of hydrogen-bond acceptors (Lipinski definition) is 4. The Morgan fingerprint density at radius 1 is 1.18 bits per heavy atom. The second-order valence-electron chi connectivity index (χ2n) is 7.77. The van der Waals surface area contributed by atoms with Crippen molar-refractivity contribution < 1.29 is 19.1 Å². The molecule has 0 heterocycles. The molecule has 0 aliphatic heterocycles. The third-order valence-electron chi connectivity index (χ3n) is 6.69. The van der Waals surface area contributed by atoms with Gasteiger partial charge in [-0.1, -0.05) is 12.2 Å². The van der Waals surface area contributed by atoms with Crippen molar-refractivity contribution in [1.29, 1.82) is 0 Å². The van der Waals surface area contributed by atoms with E-state index in [1.54, 1.807) is 0 Å². The average Bonchev–Trinajstić information content (AvgIpc) is 3.21. The van der Waals surface area contributed by atoms with Crippen LogP contribution in [-0.2, 0) is 19.1 Å². The summed E-state index contributed by atoms with van der Waals surface area (Å²) in [5, 5.41) is 0. The summed E-state index contributed by atoms with van der Waals surface area (Å²) in [7, 11) is 1.50. The first-order chi connectivity index (χ1) is 10.5. The maximum atomic E-state index is 12.7. The largest absolute Gasteiger partial charge is 0.469 e. The average molecular weight is 304 g/mol. The summed E-state index contributed by atoms with van der Waals surface area (Å²) in [6.07, 6.45) is 7.24. The van der Waals surface area contributed by atoms with E-state index < -0.39 is 0 Å². The van der Waals surface area contributed by atoms with E-state index in [-0.39, 0.29) is 47.1 Å². The first-order valence-electron chi connectivity index (χ1n) is 8.47. The van der Waals surface area contributed by atoms with E-state index >= 15 is 0 Å². The van der Waals surface area contributed by atoms with Crippen molar-refractivity contribution in [3.8, 4) is 0 Å². The Morgan fingerprint density at radius 3 is 2.64 bits per heavy atom. The molecule has 4 aliphatic carbocycles. The van der Waals surface area contributed by atoms with Crippen LogP contribution in [-0.4, -0.2) is 25.2 Å². The highest BCUT2D eigenvalue weighted by Crippen LogP contribution is 2.74. The van der Waals surface area contributed by atoms with Crippen LogP contribution < -0.4 is 0 Å². The number of carbonyl (C=O) groups is 2. The fourth-order valence-electron chi connectivity index (χ4n) is 6.27. The molecule has 3 saturated carbocycles. The quantitative estimate of drug-likeness (QED) is 0.457. The number of esters is 2. The van der Waals surface area contributed by atoms with E-state index in [1.165, 1.54) is 7.11 Å². The van der Waals surface area contributed by atoms with Crippen molar-refractivity contribution in [1.82, 2.24) is 0 Å². The first kappa shape index (κ1) is 14.3. The molecule has 3 fully saturated rings. The predicted octanol–water partition coefficient (Wildman–Crippen LogP) is 2.58. The highest BCUT2D eigenvalue weighted by molar-refractivity contribution is 5.82. The highest BCUT2D eigenvalue weighted by atomic mass is 16.5. The minimum absolute atomic E-state index is 0.0251. The summed E-state index contributed by atoms with van der Waals surface area (Å²) in [5.41, 5.74) is -0.354. The molecular weight excluding hydrogens is 280 g/mol. The molecule has 4 bridgehead atoms. The second-order valence-corrected chi connectivity index (χ2v) is 7.77. The zero-order chi connectivity index (χ0) is 15.6. The summed E-state index contributed by atoms with van der Waals surface area (Å²) in [6.45, 7) is 3.79. The Morgan fingerprint density at radius 2 is 1.95 bits per heavy atom. The van der Waals surface area contributed by atoms with Crippen molar-refractivity contribution in [2.75, 3.05) is 7.11 Å². The molecule has 0 aromatic rings. The van der Waals surface area contributed by atoms with Crippen LogP contribution >= 0.6 is 0 Å². The summed E-state index contributed by atoms with van der Waals surface area (Å²) in [6, 6.07) is 0. The fraction of sp³-hybridized carbons (Fsp3) is 0.778. The van der Waals surface area contributed by atoms with Gasteiger partial charge in [0.1, 0.15) is 0 Å². The van der Waals surface area contributed by atoms with Gasteiger partial charge in [0.05, 0.1) is 24.5 Å². The van der Waals surface area contributed by atoms with Gasteiger partial charge in [0.25, 0.3) is 0 Å². The van der Waals surface area contributed by atoms with Crippen LogP contribution in [0.3, 0.4) is 0 Å². The molecule has 7 unspecified atom stereocenters. The normalized spacial score (nSPS) is 47.1. The van der Waals surface area contributed by atoms with E-state index in [1.807, 2.05) is 13.8 Å². The summed E-state index contributed by atoms with van der Waals surface area (Å²) >= 11 is 0. The Bertz CT molecular complexity index is 551. The topological polar surface area (TPSA) is 52.6 Å². The summed E-state index contributed by atoms with van der Waals surface area (Å²) in [5.74, 6) is 1.46. The molecule has 0 N–H and O–H groups in total. The number of hydrogen-bond donors (Lipinski definition) is 0. The molecule has 4 nitrogen and oxygen atoms in total. The van der Waals surface area contributed by atoms with Crippen molar-refractivity contribution in [3.63, 3.8) is 0 Å². The van der Waals surface area contributed by atoms with Gasteiger partial charge in [0.15, 0.2) is 0 Å². The van der Waals surface area contributed by atoms with Gasteiger partial charge in [-0.25, -0.2) is 0 Å². The van der Waals surface area contributed by atoms with Crippen molar-refractivity contribution in [2.45, 2.75) is 39.2 Å². The van der Waals surface area contributed by atoms with Crippen molar-refractivity contribution in [2.24, 2.45) is 40.9 Å². The molecule has 4 aliphatic rings. The van der Waals surface area contributed by atoms with Gasteiger partial charge < -0.3 is 9.47 Å². The molecule has 7 atom stereocenters. The zero-order valence-electron chi connectivity index (χ0n) is 13.5. The minimum Gasteiger partial charge on any atom is -0.469 e. The van der Waals surface area contributed by atoms with Gasteiger partial charge in [0.2, 0.25) is 0 Å². The molecule has 0 radical (unpaired) electrons. The lowest BCUT2D eigenvalue weighted by Gasteiger charge is -2.44. The Labute approximate surface area is 131 Å². The van der Waals surface area contributed by atoms with Gasteiger partial charge in [-0.15, -0.1) is 0 Å².